The fraction of sp³-hybridized carbons (Fsp3) is 0.867. The molecule has 2 aliphatic rings. The van der Waals surface area contributed by atoms with Crippen molar-refractivity contribution < 1.29 is 19.4 Å². The van der Waals surface area contributed by atoms with Crippen molar-refractivity contribution in [3.8, 4) is 0 Å². The lowest BCUT2D eigenvalue weighted by Crippen LogP contribution is -2.40. The molecule has 20 heavy (non-hydrogen) atoms. The predicted octanol–water partition coefficient (Wildman–Crippen LogP) is 2.10. The third-order valence-corrected chi connectivity index (χ3v) is 4.36. The third kappa shape index (κ3) is 4.78. The summed E-state index contributed by atoms with van der Waals surface area (Å²) in [6.07, 6.45) is 7.95. The van der Waals surface area contributed by atoms with E-state index in [9.17, 15) is 9.59 Å². The highest BCUT2D eigenvalue weighted by molar-refractivity contribution is 5.76. The van der Waals surface area contributed by atoms with Gasteiger partial charge >= 0.3 is 5.97 Å². The number of hydrogen-bond donors (Lipinski definition) is 2. The van der Waals surface area contributed by atoms with Gasteiger partial charge in [-0.2, -0.15) is 0 Å². The number of rotatable bonds is 5. The summed E-state index contributed by atoms with van der Waals surface area (Å²) in [5.41, 5.74) is 0. The van der Waals surface area contributed by atoms with Crippen LogP contribution in [-0.4, -0.2) is 35.7 Å². The summed E-state index contributed by atoms with van der Waals surface area (Å²) in [5.74, 6) is -0.995. The maximum atomic E-state index is 11.9. The number of hydrogen-bond acceptors (Lipinski definition) is 3. The van der Waals surface area contributed by atoms with E-state index in [1.54, 1.807) is 0 Å². The van der Waals surface area contributed by atoms with Gasteiger partial charge in [-0.3, -0.25) is 9.59 Å². The van der Waals surface area contributed by atoms with E-state index < -0.39 is 5.97 Å². The van der Waals surface area contributed by atoms with E-state index in [4.69, 9.17) is 9.84 Å². The van der Waals surface area contributed by atoms with Gasteiger partial charge in [0, 0.05) is 19.1 Å². The maximum absolute atomic E-state index is 11.9. The van der Waals surface area contributed by atoms with Gasteiger partial charge in [-0.05, 0) is 44.9 Å². The summed E-state index contributed by atoms with van der Waals surface area (Å²) >= 11 is 0. The van der Waals surface area contributed by atoms with Crippen LogP contribution >= 0.6 is 0 Å². The maximum Gasteiger partial charge on any atom is 0.306 e. The molecule has 0 aromatic rings. The van der Waals surface area contributed by atoms with Crippen molar-refractivity contribution in [1.29, 1.82) is 0 Å². The molecule has 1 amide bonds. The van der Waals surface area contributed by atoms with Gasteiger partial charge in [0.15, 0.2) is 0 Å². The lowest BCUT2D eigenvalue weighted by molar-refractivity contribution is -0.143. The standard InChI is InChI=1S/C15H25NO4/c17-14(8-7-13-6-1-2-9-20-13)16-12-5-3-4-11(10-12)15(18)19/h11-13H,1-10H2,(H,16,17)(H,18,19). The fourth-order valence-electron chi connectivity index (χ4n) is 3.17. The topological polar surface area (TPSA) is 75.6 Å². The molecule has 1 saturated carbocycles. The van der Waals surface area contributed by atoms with Crippen molar-refractivity contribution >= 4 is 11.9 Å². The Morgan fingerprint density at radius 2 is 2.00 bits per heavy atom. The Hall–Kier alpha value is -1.10. The van der Waals surface area contributed by atoms with Crippen molar-refractivity contribution in [2.75, 3.05) is 6.61 Å². The Morgan fingerprint density at radius 3 is 2.70 bits per heavy atom. The van der Waals surface area contributed by atoms with Crippen LogP contribution in [-0.2, 0) is 14.3 Å². The molecule has 0 bridgehead atoms. The van der Waals surface area contributed by atoms with E-state index in [0.29, 0.717) is 12.8 Å². The molecule has 1 aliphatic carbocycles. The van der Waals surface area contributed by atoms with Gasteiger partial charge in [-0.15, -0.1) is 0 Å². The lowest BCUT2D eigenvalue weighted by atomic mass is 9.85. The fourth-order valence-corrected chi connectivity index (χ4v) is 3.17. The first-order valence-corrected chi connectivity index (χ1v) is 7.79. The molecule has 114 valence electrons. The average molecular weight is 283 g/mol. The number of carboxylic acids is 1. The summed E-state index contributed by atoms with van der Waals surface area (Å²) in [5, 5.41) is 12.0. The van der Waals surface area contributed by atoms with E-state index >= 15 is 0 Å². The average Bonchev–Trinajstić information content (AvgIpc) is 2.46. The minimum atomic E-state index is -0.737. The summed E-state index contributed by atoms with van der Waals surface area (Å²) in [4.78, 5) is 22.9. The van der Waals surface area contributed by atoms with E-state index in [2.05, 4.69) is 5.32 Å². The molecule has 0 spiro atoms. The van der Waals surface area contributed by atoms with Crippen LogP contribution < -0.4 is 5.32 Å². The minimum absolute atomic E-state index is 0.0321. The van der Waals surface area contributed by atoms with Gasteiger partial charge in [0.2, 0.25) is 5.91 Å². The molecular formula is C15H25NO4. The number of aliphatic carboxylic acids is 1. The molecule has 2 N–H and O–H groups in total. The first-order valence-electron chi connectivity index (χ1n) is 7.79. The zero-order valence-corrected chi connectivity index (χ0v) is 12.0. The normalized spacial score (nSPS) is 30.7. The third-order valence-electron chi connectivity index (χ3n) is 4.36. The Morgan fingerprint density at radius 1 is 1.15 bits per heavy atom. The van der Waals surface area contributed by atoms with Crippen LogP contribution in [0.3, 0.4) is 0 Å². The van der Waals surface area contributed by atoms with E-state index in [1.165, 1.54) is 6.42 Å². The largest absolute Gasteiger partial charge is 0.481 e. The molecule has 1 aliphatic heterocycles. The quantitative estimate of drug-likeness (QED) is 0.810. The van der Waals surface area contributed by atoms with Gasteiger partial charge in [-0.25, -0.2) is 0 Å². The van der Waals surface area contributed by atoms with Gasteiger partial charge in [0.05, 0.1) is 12.0 Å². The first kappa shape index (κ1) is 15.3. The highest BCUT2D eigenvalue weighted by Gasteiger charge is 2.27. The highest BCUT2D eigenvalue weighted by atomic mass is 16.5. The molecule has 0 aromatic carbocycles. The van der Waals surface area contributed by atoms with Crippen LogP contribution in [0.15, 0.2) is 0 Å². The molecule has 1 saturated heterocycles. The van der Waals surface area contributed by atoms with Crippen LogP contribution in [0.4, 0.5) is 0 Å². The number of carbonyl (C=O) groups is 2. The minimum Gasteiger partial charge on any atom is -0.481 e. The van der Waals surface area contributed by atoms with Crippen LogP contribution in [0.5, 0.6) is 0 Å². The van der Waals surface area contributed by atoms with Crippen molar-refractivity contribution in [3.05, 3.63) is 0 Å². The molecule has 3 unspecified atom stereocenters. The van der Waals surface area contributed by atoms with Crippen molar-refractivity contribution in [3.63, 3.8) is 0 Å². The lowest BCUT2D eigenvalue weighted by Gasteiger charge is -2.28. The SMILES string of the molecule is O=C(CCC1CCCCO1)NC1CCCC(C(=O)O)C1. The molecule has 2 fully saturated rings. The smallest absolute Gasteiger partial charge is 0.306 e. The monoisotopic (exact) mass is 283 g/mol. The van der Waals surface area contributed by atoms with Gasteiger partial charge in [0.1, 0.15) is 0 Å². The number of carboxylic acid groups (broad SMARTS) is 1. The van der Waals surface area contributed by atoms with Gasteiger partial charge in [-0.1, -0.05) is 6.42 Å². The number of carbonyl (C=O) groups excluding carboxylic acids is 1. The molecule has 0 aromatic heterocycles. The summed E-state index contributed by atoms with van der Waals surface area (Å²) in [7, 11) is 0. The zero-order valence-electron chi connectivity index (χ0n) is 12.0. The number of amides is 1. The molecule has 5 heteroatoms. The van der Waals surface area contributed by atoms with Crippen molar-refractivity contribution in [2.24, 2.45) is 5.92 Å². The van der Waals surface area contributed by atoms with Crippen LogP contribution in [0.1, 0.15) is 57.8 Å². The summed E-state index contributed by atoms with van der Waals surface area (Å²) in [6, 6.07) is 0.0321. The van der Waals surface area contributed by atoms with Crippen LogP contribution in [0.2, 0.25) is 0 Å². The summed E-state index contributed by atoms with van der Waals surface area (Å²) < 4.78 is 5.61. The highest BCUT2D eigenvalue weighted by Crippen LogP contribution is 2.24. The van der Waals surface area contributed by atoms with E-state index in [1.807, 2.05) is 0 Å². The molecular weight excluding hydrogens is 258 g/mol. The zero-order chi connectivity index (χ0) is 14.4. The Kier molecular flexibility index (Phi) is 5.83. The number of ether oxygens (including phenoxy) is 1. The Labute approximate surface area is 120 Å². The van der Waals surface area contributed by atoms with Crippen LogP contribution in [0, 0.1) is 5.92 Å². The van der Waals surface area contributed by atoms with Gasteiger partial charge in [0.25, 0.3) is 0 Å². The molecule has 5 nitrogen and oxygen atoms in total. The van der Waals surface area contributed by atoms with E-state index in [-0.39, 0.29) is 24.0 Å². The summed E-state index contributed by atoms with van der Waals surface area (Å²) in [6.45, 7) is 0.815. The van der Waals surface area contributed by atoms with Crippen molar-refractivity contribution in [1.82, 2.24) is 5.32 Å². The Bertz CT molecular complexity index is 339. The molecule has 0 radical (unpaired) electrons. The molecule has 2 rings (SSSR count). The second-order valence-electron chi connectivity index (χ2n) is 5.99. The second kappa shape index (κ2) is 7.62. The second-order valence-corrected chi connectivity index (χ2v) is 5.99. The number of nitrogens with one attached hydrogen (secondary N) is 1. The molecule has 3 atom stereocenters. The Balaban J connectivity index is 1.66. The van der Waals surface area contributed by atoms with E-state index in [0.717, 1.165) is 45.1 Å². The first-order chi connectivity index (χ1) is 9.65. The van der Waals surface area contributed by atoms with Crippen molar-refractivity contribution in [2.45, 2.75) is 69.9 Å². The predicted molar refractivity (Wildman–Crippen MR) is 74.3 cm³/mol. The van der Waals surface area contributed by atoms with Crippen LogP contribution in [0.25, 0.3) is 0 Å². The van der Waals surface area contributed by atoms with Gasteiger partial charge < -0.3 is 15.2 Å². The molecule has 1 heterocycles.